The zero-order valence-electron chi connectivity index (χ0n) is 14.7. The molecule has 1 aliphatic heterocycles. The van der Waals surface area contributed by atoms with Crippen LogP contribution in [0.4, 0.5) is 4.39 Å². The Morgan fingerprint density at radius 2 is 1.69 bits per heavy atom. The second-order valence-corrected chi connectivity index (χ2v) is 6.64. The summed E-state index contributed by atoms with van der Waals surface area (Å²) in [7, 11) is 0. The number of halogens is 1. The Labute approximate surface area is 152 Å². The minimum absolute atomic E-state index is 0.149. The summed E-state index contributed by atoms with van der Waals surface area (Å²) in [5.74, 6) is -0.688. The van der Waals surface area contributed by atoms with Gasteiger partial charge in [-0.2, -0.15) is 4.39 Å². The van der Waals surface area contributed by atoms with E-state index in [4.69, 9.17) is 0 Å². The van der Waals surface area contributed by atoms with Crippen LogP contribution in [0.2, 0.25) is 0 Å². The first-order valence-corrected chi connectivity index (χ1v) is 8.95. The number of benzene rings is 3. The van der Waals surface area contributed by atoms with Crippen LogP contribution in [0.3, 0.4) is 0 Å². The van der Waals surface area contributed by atoms with Gasteiger partial charge in [0.2, 0.25) is 5.95 Å². The van der Waals surface area contributed by atoms with E-state index in [2.05, 4.69) is 0 Å². The van der Waals surface area contributed by atoms with Crippen LogP contribution in [-0.2, 0) is 0 Å². The Morgan fingerprint density at radius 3 is 2.42 bits per heavy atom. The van der Waals surface area contributed by atoms with Gasteiger partial charge in [-0.3, -0.25) is 9.69 Å². The van der Waals surface area contributed by atoms with Gasteiger partial charge in [0.1, 0.15) is 0 Å². The third-order valence-electron chi connectivity index (χ3n) is 5.07. The van der Waals surface area contributed by atoms with Gasteiger partial charge in [-0.05, 0) is 47.4 Å². The number of amides is 1. The fourth-order valence-electron chi connectivity index (χ4n) is 3.63. The molecule has 26 heavy (non-hydrogen) atoms. The number of rotatable bonds is 3. The first kappa shape index (κ1) is 16.5. The number of carbonyl (C=O) groups is 1. The van der Waals surface area contributed by atoms with Crippen molar-refractivity contribution in [3.63, 3.8) is 0 Å². The molecule has 0 unspecified atom stereocenters. The molecule has 0 saturated heterocycles. The Kier molecular flexibility index (Phi) is 4.29. The fourth-order valence-corrected chi connectivity index (χ4v) is 3.63. The van der Waals surface area contributed by atoms with E-state index in [-0.39, 0.29) is 11.9 Å². The Hall–Kier alpha value is -2.94. The molecule has 0 saturated carbocycles. The lowest BCUT2D eigenvalue weighted by Gasteiger charge is -2.23. The summed E-state index contributed by atoms with van der Waals surface area (Å²) in [4.78, 5) is 14.2. The molecule has 1 aliphatic rings. The van der Waals surface area contributed by atoms with Gasteiger partial charge in [-0.25, -0.2) is 0 Å². The van der Waals surface area contributed by atoms with Gasteiger partial charge < -0.3 is 0 Å². The lowest BCUT2D eigenvalue weighted by molar-refractivity contribution is 0.0724. The van der Waals surface area contributed by atoms with Gasteiger partial charge in [0, 0.05) is 17.2 Å². The maximum absolute atomic E-state index is 15.3. The molecule has 1 atom stereocenters. The van der Waals surface area contributed by atoms with Gasteiger partial charge in [0.15, 0.2) is 0 Å². The fraction of sp³-hybridized carbons (Fsp3) is 0.174. The van der Waals surface area contributed by atoms with Crippen molar-refractivity contribution in [2.75, 3.05) is 0 Å². The van der Waals surface area contributed by atoms with Crippen LogP contribution in [0.25, 0.3) is 16.3 Å². The van der Waals surface area contributed by atoms with E-state index in [1.807, 2.05) is 55.5 Å². The molecule has 1 amide bonds. The van der Waals surface area contributed by atoms with Crippen molar-refractivity contribution in [1.29, 1.82) is 0 Å². The topological polar surface area (TPSA) is 20.3 Å². The van der Waals surface area contributed by atoms with Crippen molar-refractivity contribution < 1.29 is 9.18 Å². The van der Waals surface area contributed by atoms with E-state index in [0.29, 0.717) is 24.0 Å². The molecule has 3 heteroatoms. The molecule has 0 aliphatic carbocycles. The van der Waals surface area contributed by atoms with Crippen LogP contribution in [0.15, 0.2) is 78.7 Å². The third kappa shape index (κ3) is 2.80. The number of fused-ring (bicyclic) bond motifs is 1. The van der Waals surface area contributed by atoms with E-state index in [9.17, 15) is 4.79 Å². The SMILES string of the molecule is CC[C@H]1CC(c2ccc3ccccc3c2)=C(F)N1C(=O)c1ccccc1. The molecule has 130 valence electrons. The maximum atomic E-state index is 15.3. The summed E-state index contributed by atoms with van der Waals surface area (Å²) in [5.41, 5.74) is 1.98. The third-order valence-corrected chi connectivity index (χ3v) is 5.07. The second-order valence-electron chi connectivity index (χ2n) is 6.64. The Morgan fingerprint density at radius 1 is 1.00 bits per heavy atom. The molecule has 3 aromatic carbocycles. The summed E-state index contributed by atoms with van der Waals surface area (Å²) in [6.45, 7) is 1.99. The minimum Gasteiger partial charge on any atom is -0.281 e. The number of carbonyl (C=O) groups excluding carboxylic acids is 1. The molecule has 0 aromatic heterocycles. The largest absolute Gasteiger partial charge is 0.281 e. The first-order valence-electron chi connectivity index (χ1n) is 8.95. The lowest BCUT2D eigenvalue weighted by Crippen LogP contribution is -2.34. The predicted molar refractivity (Wildman–Crippen MR) is 103 cm³/mol. The zero-order valence-corrected chi connectivity index (χ0v) is 14.7. The van der Waals surface area contributed by atoms with E-state index >= 15 is 4.39 Å². The average molecular weight is 345 g/mol. The lowest BCUT2D eigenvalue weighted by atomic mass is 9.98. The summed E-state index contributed by atoms with van der Waals surface area (Å²) in [6, 6.07) is 22.8. The van der Waals surface area contributed by atoms with Crippen LogP contribution in [0, 0.1) is 0 Å². The number of nitrogens with zero attached hydrogens (tertiary/aromatic N) is 1. The minimum atomic E-state index is -0.416. The maximum Gasteiger partial charge on any atom is 0.260 e. The molecule has 0 radical (unpaired) electrons. The second kappa shape index (κ2) is 6.75. The van der Waals surface area contributed by atoms with Gasteiger partial charge >= 0.3 is 0 Å². The summed E-state index contributed by atoms with van der Waals surface area (Å²) in [5, 5.41) is 2.20. The monoisotopic (exact) mass is 345 g/mol. The molecule has 2 nitrogen and oxygen atoms in total. The van der Waals surface area contributed by atoms with Crippen molar-refractivity contribution in [3.8, 4) is 0 Å². The van der Waals surface area contributed by atoms with Crippen molar-refractivity contribution in [1.82, 2.24) is 4.90 Å². The van der Waals surface area contributed by atoms with Crippen LogP contribution >= 0.6 is 0 Å². The van der Waals surface area contributed by atoms with Crippen molar-refractivity contribution in [2.24, 2.45) is 0 Å². The smallest absolute Gasteiger partial charge is 0.260 e. The van der Waals surface area contributed by atoms with E-state index in [0.717, 1.165) is 16.3 Å². The summed E-state index contributed by atoms with van der Waals surface area (Å²) in [6.07, 6.45) is 1.25. The predicted octanol–water partition coefficient (Wildman–Crippen LogP) is 5.80. The average Bonchev–Trinajstić information content (AvgIpc) is 3.04. The van der Waals surface area contributed by atoms with Gasteiger partial charge in [-0.1, -0.05) is 61.5 Å². The van der Waals surface area contributed by atoms with Crippen LogP contribution < -0.4 is 0 Å². The molecule has 4 rings (SSSR count). The van der Waals surface area contributed by atoms with Gasteiger partial charge in [0.05, 0.1) is 0 Å². The van der Waals surface area contributed by atoms with Crippen LogP contribution in [-0.4, -0.2) is 16.8 Å². The van der Waals surface area contributed by atoms with Crippen molar-refractivity contribution >= 4 is 22.3 Å². The highest BCUT2D eigenvalue weighted by molar-refractivity contribution is 5.97. The summed E-state index contributed by atoms with van der Waals surface area (Å²) < 4.78 is 15.3. The van der Waals surface area contributed by atoms with Crippen molar-refractivity contribution in [3.05, 3.63) is 89.9 Å². The Bertz CT molecular complexity index is 993. The quantitative estimate of drug-likeness (QED) is 0.549. The molecule has 0 spiro atoms. The Balaban J connectivity index is 1.75. The first-order chi connectivity index (χ1) is 12.7. The standard InChI is InChI=1S/C23H20FNO/c1-2-20-15-21(19-13-12-16-8-6-7-11-18(16)14-19)22(24)25(20)23(26)17-9-4-3-5-10-17/h3-14,20H,2,15H2,1H3/t20-/m0/s1. The molecular weight excluding hydrogens is 325 g/mol. The molecule has 0 N–H and O–H groups in total. The van der Waals surface area contributed by atoms with Crippen molar-refractivity contribution in [2.45, 2.75) is 25.8 Å². The van der Waals surface area contributed by atoms with Gasteiger partial charge in [0.25, 0.3) is 5.91 Å². The highest BCUT2D eigenvalue weighted by atomic mass is 19.1. The van der Waals surface area contributed by atoms with E-state index in [1.165, 1.54) is 4.90 Å². The van der Waals surface area contributed by atoms with E-state index < -0.39 is 5.95 Å². The van der Waals surface area contributed by atoms with Crippen LogP contribution in [0.1, 0.15) is 35.7 Å². The molecule has 0 fully saturated rings. The molecule has 3 aromatic rings. The highest BCUT2D eigenvalue weighted by Gasteiger charge is 2.36. The van der Waals surface area contributed by atoms with Crippen LogP contribution in [0.5, 0.6) is 0 Å². The van der Waals surface area contributed by atoms with E-state index in [1.54, 1.807) is 24.3 Å². The molecule has 1 heterocycles. The number of hydrogen-bond donors (Lipinski definition) is 0. The zero-order chi connectivity index (χ0) is 18.1. The molecular formula is C23H20FNO. The highest BCUT2D eigenvalue weighted by Crippen LogP contribution is 2.39. The molecule has 0 bridgehead atoms. The van der Waals surface area contributed by atoms with Gasteiger partial charge in [-0.15, -0.1) is 0 Å². The number of hydrogen-bond acceptors (Lipinski definition) is 1. The normalized spacial score (nSPS) is 17.2. The summed E-state index contributed by atoms with van der Waals surface area (Å²) >= 11 is 0.